The van der Waals surface area contributed by atoms with Crippen LogP contribution in [0.3, 0.4) is 0 Å². The van der Waals surface area contributed by atoms with E-state index in [2.05, 4.69) is 4.98 Å². The van der Waals surface area contributed by atoms with E-state index in [0.717, 1.165) is 0 Å². The zero-order chi connectivity index (χ0) is 13.1. The van der Waals surface area contributed by atoms with E-state index in [1.54, 1.807) is 18.2 Å². The number of benzene rings is 1. The molecule has 18 heavy (non-hydrogen) atoms. The summed E-state index contributed by atoms with van der Waals surface area (Å²) >= 11 is 0. The third-order valence-corrected chi connectivity index (χ3v) is 2.42. The van der Waals surface area contributed by atoms with Crippen LogP contribution in [0.15, 0.2) is 24.4 Å². The first-order valence-electron chi connectivity index (χ1n) is 5.13. The molecular formula is C12H12N2O4. The number of hydrogen-bond acceptors (Lipinski definition) is 5. The van der Waals surface area contributed by atoms with Crippen LogP contribution in [0.5, 0.6) is 17.2 Å². The van der Waals surface area contributed by atoms with Crippen molar-refractivity contribution < 1.29 is 19.0 Å². The fourth-order valence-corrected chi connectivity index (χ4v) is 1.64. The Bertz CT molecular complexity index is 598. The van der Waals surface area contributed by atoms with Gasteiger partial charge in [-0.05, 0) is 12.1 Å². The first-order chi connectivity index (χ1) is 8.65. The number of primary amides is 1. The van der Waals surface area contributed by atoms with Gasteiger partial charge in [-0.1, -0.05) is 0 Å². The second-order valence-electron chi connectivity index (χ2n) is 3.45. The molecule has 0 radical (unpaired) electrons. The van der Waals surface area contributed by atoms with Gasteiger partial charge in [0.25, 0.3) is 0 Å². The van der Waals surface area contributed by atoms with Crippen molar-refractivity contribution in [3.05, 3.63) is 24.4 Å². The topological polar surface area (TPSA) is 83.7 Å². The maximum atomic E-state index is 10.8. The van der Waals surface area contributed by atoms with Crippen LogP contribution in [0, 0.1) is 0 Å². The summed E-state index contributed by atoms with van der Waals surface area (Å²) in [6.07, 6.45) is 0.643. The number of nitrogens with two attached hydrogens (primary N) is 1. The Kier molecular flexibility index (Phi) is 3.18. The highest BCUT2D eigenvalue weighted by atomic mass is 16.5. The molecule has 6 nitrogen and oxygen atoms in total. The fourth-order valence-electron chi connectivity index (χ4n) is 1.64. The van der Waals surface area contributed by atoms with Crippen molar-refractivity contribution in [1.29, 1.82) is 0 Å². The molecule has 0 fully saturated rings. The number of carbonyl (C=O) groups is 1. The Labute approximate surface area is 103 Å². The maximum absolute atomic E-state index is 10.8. The molecule has 0 saturated carbocycles. The van der Waals surface area contributed by atoms with E-state index < -0.39 is 6.09 Å². The first kappa shape index (κ1) is 12.0. The average Bonchev–Trinajstić information content (AvgIpc) is 2.37. The van der Waals surface area contributed by atoms with Crippen molar-refractivity contribution in [2.75, 3.05) is 14.2 Å². The van der Waals surface area contributed by atoms with Crippen LogP contribution in [0.4, 0.5) is 4.79 Å². The Hall–Kier alpha value is -2.50. The largest absolute Gasteiger partial charge is 0.493 e. The van der Waals surface area contributed by atoms with Crippen LogP contribution in [-0.4, -0.2) is 25.3 Å². The molecule has 6 heteroatoms. The summed E-state index contributed by atoms with van der Waals surface area (Å²) in [7, 11) is 3.06. The Morgan fingerprint density at radius 1 is 1.17 bits per heavy atom. The van der Waals surface area contributed by atoms with Crippen molar-refractivity contribution in [2.45, 2.75) is 0 Å². The lowest BCUT2D eigenvalue weighted by Gasteiger charge is -2.10. The van der Waals surface area contributed by atoms with Gasteiger partial charge in [-0.2, -0.15) is 0 Å². The molecule has 1 amide bonds. The van der Waals surface area contributed by atoms with Gasteiger partial charge in [0.1, 0.15) is 5.75 Å². The highest BCUT2D eigenvalue weighted by Crippen LogP contribution is 2.35. The Morgan fingerprint density at radius 3 is 2.44 bits per heavy atom. The summed E-state index contributed by atoms with van der Waals surface area (Å²) in [5, 5.41) is 0.619. The number of hydrogen-bond donors (Lipinski definition) is 1. The molecule has 2 N–H and O–H groups in total. The standard InChI is InChI=1S/C12H12N2O4/c1-16-10-5-7-8(6-11(10)17-2)14-4-3-9(7)18-12(13)15/h3-6H,1-2H3,(H2,13,15). The molecule has 2 rings (SSSR count). The molecule has 94 valence electrons. The molecule has 2 aromatic rings. The van der Waals surface area contributed by atoms with E-state index >= 15 is 0 Å². The van der Waals surface area contributed by atoms with E-state index in [-0.39, 0.29) is 0 Å². The summed E-state index contributed by atoms with van der Waals surface area (Å²) in [5.41, 5.74) is 5.62. The van der Waals surface area contributed by atoms with Crippen LogP contribution >= 0.6 is 0 Å². The molecule has 0 unspecified atom stereocenters. The number of nitrogens with zero attached hydrogens (tertiary/aromatic N) is 1. The third kappa shape index (κ3) is 2.13. The van der Waals surface area contributed by atoms with Crippen molar-refractivity contribution in [2.24, 2.45) is 5.73 Å². The maximum Gasteiger partial charge on any atom is 0.409 e. The summed E-state index contributed by atoms with van der Waals surface area (Å²) in [5.74, 6) is 1.40. The highest BCUT2D eigenvalue weighted by molar-refractivity contribution is 5.89. The average molecular weight is 248 g/mol. The van der Waals surface area contributed by atoms with E-state index in [1.165, 1.54) is 20.4 Å². The third-order valence-electron chi connectivity index (χ3n) is 2.42. The van der Waals surface area contributed by atoms with Crippen molar-refractivity contribution >= 4 is 17.0 Å². The van der Waals surface area contributed by atoms with Gasteiger partial charge in [0.15, 0.2) is 11.5 Å². The zero-order valence-electron chi connectivity index (χ0n) is 9.97. The highest BCUT2D eigenvalue weighted by Gasteiger charge is 2.11. The number of ether oxygens (including phenoxy) is 3. The molecule has 0 aliphatic carbocycles. The zero-order valence-corrected chi connectivity index (χ0v) is 9.97. The van der Waals surface area contributed by atoms with E-state index in [1.807, 2.05) is 0 Å². The van der Waals surface area contributed by atoms with Gasteiger partial charge >= 0.3 is 6.09 Å². The molecule has 0 atom stereocenters. The molecule has 1 aromatic carbocycles. The van der Waals surface area contributed by atoms with Crippen LogP contribution in [-0.2, 0) is 0 Å². The van der Waals surface area contributed by atoms with Gasteiger partial charge in [-0.3, -0.25) is 4.98 Å². The summed E-state index contributed by atoms with van der Waals surface area (Å²) in [6, 6.07) is 4.93. The molecule has 0 aliphatic rings. The molecule has 1 heterocycles. The lowest BCUT2D eigenvalue weighted by atomic mass is 10.2. The Morgan fingerprint density at radius 2 is 1.83 bits per heavy atom. The number of methoxy groups -OCH3 is 2. The van der Waals surface area contributed by atoms with Crippen molar-refractivity contribution in [1.82, 2.24) is 4.98 Å². The number of rotatable bonds is 3. The minimum Gasteiger partial charge on any atom is -0.493 e. The normalized spacial score (nSPS) is 10.1. The van der Waals surface area contributed by atoms with Gasteiger partial charge in [0, 0.05) is 17.6 Å². The van der Waals surface area contributed by atoms with Crippen LogP contribution in [0.1, 0.15) is 0 Å². The predicted octanol–water partition coefficient (Wildman–Crippen LogP) is 1.71. The molecular weight excluding hydrogens is 236 g/mol. The van der Waals surface area contributed by atoms with Gasteiger partial charge in [-0.15, -0.1) is 0 Å². The minimum atomic E-state index is -0.878. The number of aromatic nitrogens is 1. The second kappa shape index (κ2) is 4.79. The molecule has 0 saturated heterocycles. The SMILES string of the molecule is COc1cc2nccc(OC(N)=O)c2cc1OC. The summed E-state index contributed by atoms with van der Waals surface area (Å²) < 4.78 is 15.3. The van der Waals surface area contributed by atoms with Crippen LogP contribution in [0.2, 0.25) is 0 Å². The molecule has 0 aliphatic heterocycles. The smallest absolute Gasteiger partial charge is 0.409 e. The van der Waals surface area contributed by atoms with E-state index in [4.69, 9.17) is 19.9 Å². The van der Waals surface area contributed by atoms with Crippen LogP contribution < -0.4 is 19.9 Å². The lowest BCUT2D eigenvalue weighted by molar-refractivity contribution is 0.211. The summed E-state index contributed by atoms with van der Waals surface area (Å²) in [6.45, 7) is 0. The number of carbonyl (C=O) groups excluding carboxylic acids is 1. The molecule has 0 spiro atoms. The number of fused-ring (bicyclic) bond motifs is 1. The van der Waals surface area contributed by atoms with Gasteiger partial charge < -0.3 is 19.9 Å². The molecule has 0 bridgehead atoms. The van der Waals surface area contributed by atoms with Gasteiger partial charge in [0.2, 0.25) is 0 Å². The second-order valence-corrected chi connectivity index (χ2v) is 3.45. The quantitative estimate of drug-likeness (QED) is 0.893. The summed E-state index contributed by atoms with van der Waals surface area (Å²) in [4.78, 5) is 15.0. The Balaban J connectivity index is 2.64. The number of pyridine rings is 1. The fraction of sp³-hybridized carbons (Fsp3) is 0.167. The minimum absolute atomic E-state index is 0.327. The van der Waals surface area contributed by atoms with Gasteiger partial charge in [-0.25, -0.2) is 4.79 Å². The van der Waals surface area contributed by atoms with Gasteiger partial charge in [0.05, 0.1) is 19.7 Å². The van der Waals surface area contributed by atoms with Crippen molar-refractivity contribution in [3.8, 4) is 17.2 Å². The predicted molar refractivity (Wildman–Crippen MR) is 65.1 cm³/mol. The first-order valence-corrected chi connectivity index (χ1v) is 5.13. The van der Waals surface area contributed by atoms with E-state index in [9.17, 15) is 4.79 Å². The van der Waals surface area contributed by atoms with Crippen molar-refractivity contribution in [3.63, 3.8) is 0 Å². The lowest BCUT2D eigenvalue weighted by Crippen LogP contribution is -2.16. The van der Waals surface area contributed by atoms with E-state index in [0.29, 0.717) is 28.2 Å². The molecule has 1 aromatic heterocycles. The number of amides is 1. The van der Waals surface area contributed by atoms with Crippen LogP contribution in [0.25, 0.3) is 10.9 Å². The monoisotopic (exact) mass is 248 g/mol.